The number of aryl methyl sites for hydroxylation is 1. The third kappa shape index (κ3) is 3.56. The zero-order chi connectivity index (χ0) is 21.8. The first kappa shape index (κ1) is 20.0. The fourth-order valence-corrected chi connectivity index (χ4v) is 4.49. The Hall–Kier alpha value is -2.94. The molecule has 5 rings (SSSR count). The number of hydrogen-bond donors (Lipinski definition) is 1. The lowest BCUT2D eigenvalue weighted by molar-refractivity contribution is -0.138. The average Bonchev–Trinajstić information content (AvgIpc) is 3.37. The first-order valence-electron chi connectivity index (χ1n) is 10.2. The molecule has 1 N–H and O–H groups in total. The van der Waals surface area contributed by atoms with Crippen LogP contribution in [0.3, 0.4) is 0 Å². The Morgan fingerprint density at radius 2 is 2.03 bits per heavy atom. The summed E-state index contributed by atoms with van der Waals surface area (Å²) in [5, 5.41) is 13.4. The average molecular weight is 429 g/mol. The minimum absolute atomic E-state index is 0.210. The predicted molar refractivity (Wildman–Crippen MR) is 111 cm³/mol. The summed E-state index contributed by atoms with van der Waals surface area (Å²) in [6, 6.07) is 6.54. The maximum absolute atomic E-state index is 13.2. The van der Waals surface area contributed by atoms with Gasteiger partial charge >= 0.3 is 6.18 Å². The van der Waals surface area contributed by atoms with Gasteiger partial charge < -0.3 is 15.0 Å². The van der Waals surface area contributed by atoms with Crippen LogP contribution in [0.15, 0.2) is 30.5 Å². The topological polar surface area (TPSA) is 63.2 Å². The van der Waals surface area contributed by atoms with E-state index in [2.05, 4.69) is 25.4 Å². The maximum Gasteiger partial charge on any atom is 0.416 e. The maximum atomic E-state index is 13.2. The number of rotatable bonds is 4. The van der Waals surface area contributed by atoms with Gasteiger partial charge in [-0.05, 0) is 43.5 Å². The lowest BCUT2D eigenvalue weighted by Gasteiger charge is -2.28. The van der Waals surface area contributed by atoms with Gasteiger partial charge in [0.2, 0.25) is 0 Å². The van der Waals surface area contributed by atoms with Gasteiger partial charge in [-0.3, -0.25) is 0 Å². The van der Waals surface area contributed by atoms with E-state index in [4.69, 9.17) is 4.74 Å². The first-order valence-corrected chi connectivity index (χ1v) is 10.2. The number of aromatic nitrogens is 3. The Bertz CT molecular complexity index is 1150. The van der Waals surface area contributed by atoms with Crippen molar-refractivity contribution >= 4 is 22.4 Å². The predicted octanol–water partition coefficient (Wildman–Crippen LogP) is 4.25. The van der Waals surface area contributed by atoms with E-state index in [1.165, 1.54) is 13.0 Å². The summed E-state index contributed by atoms with van der Waals surface area (Å²) in [6.45, 7) is 5.08. The van der Waals surface area contributed by atoms with Crippen molar-refractivity contribution in [3.05, 3.63) is 52.8 Å². The molecular formula is C22H22F3N5O. The molecule has 31 heavy (non-hydrogen) atoms. The number of morpholine rings is 1. The Balaban J connectivity index is 1.46. The molecular weight excluding hydrogens is 407 g/mol. The van der Waals surface area contributed by atoms with Crippen LogP contribution in [0.25, 0.3) is 10.8 Å². The monoisotopic (exact) mass is 429 g/mol. The molecule has 2 atom stereocenters. The van der Waals surface area contributed by atoms with Crippen molar-refractivity contribution in [2.24, 2.45) is 0 Å². The summed E-state index contributed by atoms with van der Waals surface area (Å²) >= 11 is 0. The van der Waals surface area contributed by atoms with Crippen LogP contribution < -0.4 is 10.2 Å². The molecule has 2 saturated heterocycles. The summed E-state index contributed by atoms with van der Waals surface area (Å²) in [7, 11) is 0. The van der Waals surface area contributed by atoms with Crippen LogP contribution in [0.1, 0.15) is 28.8 Å². The van der Waals surface area contributed by atoms with Gasteiger partial charge in [0.05, 0.1) is 30.0 Å². The highest BCUT2D eigenvalue weighted by Crippen LogP contribution is 2.35. The van der Waals surface area contributed by atoms with Crippen LogP contribution in [-0.2, 0) is 17.5 Å². The second kappa shape index (κ2) is 7.33. The van der Waals surface area contributed by atoms with Gasteiger partial charge in [0.1, 0.15) is 5.82 Å². The number of nitrogens with one attached hydrogen (secondary N) is 1. The SMILES string of the molecule is Cc1c(CNc2nnc(C)c3cnc(N4C[C@@H]5C[C@H]4CO5)cc23)cccc1C(F)(F)F. The zero-order valence-electron chi connectivity index (χ0n) is 17.2. The van der Waals surface area contributed by atoms with Crippen molar-refractivity contribution in [3.8, 4) is 0 Å². The minimum Gasteiger partial charge on any atom is -0.374 e. The number of ether oxygens (including phenoxy) is 1. The summed E-state index contributed by atoms with van der Waals surface area (Å²) in [6.07, 6.45) is -1.33. The number of hydrogen-bond acceptors (Lipinski definition) is 6. The van der Waals surface area contributed by atoms with E-state index in [0.717, 1.165) is 41.3 Å². The molecule has 2 fully saturated rings. The summed E-state index contributed by atoms with van der Waals surface area (Å²) in [5.74, 6) is 1.38. The molecule has 3 aromatic rings. The number of halogens is 3. The largest absolute Gasteiger partial charge is 0.416 e. The lowest BCUT2D eigenvalue weighted by Crippen LogP contribution is -2.37. The molecule has 0 unspecified atom stereocenters. The van der Waals surface area contributed by atoms with Gasteiger partial charge in [0.15, 0.2) is 5.82 Å². The highest BCUT2D eigenvalue weighted by atomic mass is 19.4. The standard InChI is InChI=1S/C22H22F3N5O/c1-12-14(4-3-5-19(12)22(23,24)25)8-27-21-17-7-20(26-9-18(17)13(2)28-29-21)30-10-16-6-15(30)11-31-16/h3-5,7,9,15-16H,6,8,10-11H2,1-2H3,(H,27,29)/t15-,16-/m0/s1. The molecule has 0 amide bonds. The van der Waals surface area contributed by atoms with Crippen molar-refractivity contribution in [2.45, 2.75) is 45.1 Å². The number of alkyl halides is 3. The van der Waals surface area contributed by atoms with Gasteiger partial charge in [-0.1, -0.05) is 12.1 Å². The molecule has 2 bridgehead atoms. The van der Waals surface area contributed by atoms with E-state index in [1.807, 2.05) is 13.0 Å². The van der Waals surface area contributed by atoms with Crippen LogP contribution in [-0.4, -0.2) is 40.5 Å². The second-order valence-electron chi connectivity index (χ2n) is 8.16. The van der Waals surface area contributed by atoms with Gasteiger partial charge in [0.25, 0.3) is 0 Å². The molecule has 2 aromatic heterocycles. The quantitative estimate of drug-likeness (QED) is 0.669. The van der Waals surface area contributed by atoms with Crippen molar-refractivity contribution in [3.63, 3.8) is 0 Å². The van der Waals surface area contributed by atoms with E-state index < -0.39 is 11.7 Å². The lowest BCUT2D eigenvalue weighted by atomic mass is 10.0. The summed E-state index contributed by atoms with van der Waals surface area (Å²) in [4.78, 5) is 6.88. The van der Waals surface area contributed by atoms with Gasteiger partial charge in [-0.15, -0.1) is 5.10 Å². The minimum atomic E-state index is -4.38. The van der Waals surface area contributed by atoms with E-state index >= 15 is 0 Å². The van der Waals surface area contributed by atoms with Crippen LogP contribution in [0.5, 0.6) is 0 Å². The highest BCUT2D eigenvalue weighted by Gasteiger charge is 2.39. The Labute approximate surface area is 177 Å². The smallest absolute Gasteiger partial charge is 0.374 e. The molecule has 0 saturated carbocycles. The third-order valence-corrected chi connectivity index (χ3v) is 6.23. The van der Waals surface area contributed by atoms with Crippen LogP contribution in [0.4, 0.5) is 24.8 Å². The van der Waals surface area contributed by atoms with Crippen LogP contribution in [0.2, 0.25) is 0 Å². The van der Waals surface area contributed by atoms with E-state index in [0.29, 0.717) is 24.0 Å². The fourth-order valence-electron chi connectivity index (χ4n) is 4.49. The summed E-state index contributed by atoms with van der Waals surface area (Å²) < 4.78 is 45.4. The molecule has 2 aliphatic heterocycles. The number of anilines is 2. The van der Waals surface area contributed by atoms with Crippen molar-refractivity contribution < 1.29 is 17.9 Å². The second-order valence-corrected chi connectivity index (χ2v) is 8.16. The Kier molecular flexibility index (Phi) is 4.73. The summed E-state index contributed by atoms with van der Waals surface area (Å²) in [5.41, 5.74) is 0.904. The molecule has 0 radical (unpaired) electrons. The zero-order valence-corrected chi connectivity index (χ0v) is 17.2. The molecule has 0 aliphatic carbocycles. The molecule has 4 heterocycles. The molecule has 162 valence electrons. The van der Waals surface area contributed by atoms with Gasteiger partial charge in [0, 0.05) is 30.1 Å². The normalized spacial score (nSPS) is 20.6. The van der Waals surface area contributed by atoms with Gasteiger partial charge in [-0.2, -0.15) is 18.3 Å². The molecule has 2 aliphatic rings. The number of pyridine rings is 1. The highest BCUT2D eigenvalue weighted by molar-refractivity contribution is 5.94. The van der Waals surface area contributed by atoms with Crippen molar-refractivity contribution in [1.29, 1.82) is 0 Å². The van der Waals surface area contributed by atoms with Crippen LogP contribution in [0, 0.1) is 13.8 Å². The Morgan fingerprint density at radius 3 is 2.74 bits per heavy atom. The van der Waals surface area contributed by atoms with Crippen LogP contribution >= 0.6 is 0 Å². The Morgan fingerprint density at radius 1 is 1.19 bits per heavy atom. The third-order valence-electron chi connectivity index (χ3n) is 6.23. The number of fused-ring (bicyclic) bond motifs is 3. The molecule has 6 nitrogen and oxygen atoms in total. The van der Waals surface area contributed by atoms with Crippen molar-refractivity contribution in [1.82, 2.24) is 15.2 Å². The fraction of sp³-hybridized carbons (Fsp3) is 0.409. The molecule has 1 aromatic carbocycles. The van der Waals surface area contributed by atoms with Crippen molar-refractivity contribution in [2.75, 3.05) is 23.4 Å². The van der Waals surface area contributed by atoms with E-state index in [1.54, 1.807) is 12.3 Å². The molecule has 0 spiro atoms. The molecule has 9 heteroatoms. The van der Waals surface area contributed by atoms with Gasteiger partial charge in [-0.25, -0.2) is 4.98 Å². The van der Waals surface area contributed by atoms with E-state index in [-0.39, 0.29) is 18.2 Å². The first-order chi connectivity index (χ1) is 14.8. The number of benzene rings is 1. The van der Waals surface area contributed by atoms with E-state index in [9.17, 15) is 13.2 Å². The number of nitrogens with zero attached hydrogens (tertiary/aromatic N) is 4.